The molecular weight excluding hydrogens is 625 g/mol. The molecule has 0 spiro atoms. The minimum Gasteiger partial charge on any atom is -0.0842 e. The van der Waals surface area contributed by atoms with Crippen molar-refractivity contribution >= 4 is 16.8 Å². The average molecular weight is 679 g/mol. The van der Waals surface area contributed by atoms with Crippen molar-refractivity contribution in [2.75, 3.05) is 0 Å². The normalized spacial score (nSPS) is 15.6. The van der Waals surface area contributed by atoms with Gasteiger partial charge in [0, 0.05) is 5.92 Å². The topological polar surface area (TPSA) is 0 Å². The van der Waals surface area contributed by atoms with Gasteiger partial charge in [0.25, 0.3) is 0 Å². The zero-order valence-electron chi connectivity index (χ0n) is 31.5. The molecule has 0 heteroatoms. The van der Waals surface area contributed by atoms with Crippen molar-refractivity contribution < 1.29 is 0 Å². The molecule has 0 nitrogen and oxygen atoms in total. The van der Waals surface area contributed by atoms with E-state index >= 15 is 0 Å². The third kappa shape index (κ3) is 9.56. The van der Waals surface area contributed by atoms with Crippen LogP contribution in [0.25, 0.3) is 28.0 Å². The molecule has 0 saturated carbocycles. The summed E-state index contributed by atoms with van der Waals surface area (Å²) in [5, 5.41) is 2.70. The van der Waals surface area contributed by atoms with Gasteiger partial charge in [-0.1, -0.05) is 208 Å². The Kier molecular flexibility index (Phi) is 12.9. The SMILES string of the molecule is CC1CC=Cc2ccccc21.CCC(c1ccccc1)c1cccc2ccccc12.Cc1ccc(-c2ccc(C(C)CC3=CC=CCC3)cc2)cc1. The van der Waals surface area contributed by atoms with Gasteiger partial charge in [-0.05, 0) is 101 Å². The summed E-state index contributed by atoms with van der Waals surface area (Å²) in [5.41, 5.74) is 12.7. The third-order valence-corrected chi connectivity index (χ3v) is 10.7. The molecule has 6 aromatic carbocycles. The fourth-order valence-corrected chi connectivity index (χ4v) is 7.60. The van der Waals surface area contributed by atoms with E-state index < -0.39 is 0 Å². The fraction of sp³-hybridized carbons (Fsp3) is 0.231. The Balaban J connectivity index is 0.000000141. The average Bonchev–Trinajstić information content (AvgIpc) is 3.20. The quantitative estimate of drug-likeness (QED) is 0.158. The highest BCUT2D eigenvalue weighted by Crippen LogP contribution is 2.33. The van der Waals surface area contributed by atoms with E-state index in [1.54, 1.807) is 5.57 Å². The molecule has 6 aromatic rings. The van der Waals surface area contributed by atoms with Gasteiger partial charge in [0.05, 0.1) is 0 Å². The summed E-state index contributed by atoms with van der Waals surface area (Å²) in [7, 11) is 0. The zero-order chi connectivity index (χ0) is 36.1. The second kappa shape index (κ2) is 18.3. The molecule has 0 fully saturated rings. The van der Waals surface area contributed by atoms with E-state index in [2.05, 4.69) is 204 Å². The van der Waals surface area contributed by atoms with E-state index in [9.17, 15) is 0 Å². The van der Waals surface area contributed by atoms with Gasteiger partial charge in [0.1, 0.15) is 0 Å². The number of benzene rings is 6. The van der Waals surface area contributed by atoms with Crippen molar-refractivity contribution in [3.05, 3.63) is 209 Å². The molecular formula is C52H54. The fourth-order valence-electron chi connectivity index (χ4n) is 7.60. The Hall–Kier alpha value is -5.20. The lowest BCUT2D eigenvalue weighted by molar-refractivity contribution is 0.717. The van der Waals surface area contributed by atoms with Gasteiger partial charge < -0.3 is 0 Å². The van der Waals surface area contributed by atoms with Gasteiger partial charge in [-0.3, -0.25) is 0 Å². The summed E-state index contributed by atoms with van der Waals surface area (Å²) in [6.45, 7) is 9.01. The third-order valence-electron chi connectivity index (χ3n) is 10.7. The Morgan fingerprint density at radius 3 is 2.04 bits per heavy atom. The standard InChI is InChI=1S/C22H24.C19H18.C11H12/c1-17-8-10-21(11-9-17)22-14-12-20(13-15-22)18(2)16-19-6-4-3-5-7-19;1-2-17(15-9-4-3-5-10-15)19-14-8-12-16-11-6-7-13-18(16)19;1-9-5-4-7-10-6-2-3-8-11(9)10/h3-4,6,8-15,18H,5,7,16H2,1-2H3;3-14,17H,2H2,1H3;2-4,6-9H,5H2,1H3. The number of allylic oxidation sites excluding steroid dienone is 5. The van der Waals surface area contributed by atoms with Gasteiger partial charge in [-0.15, -0.1) is 0 Å². The molecule has 262 valence electrons. The number of rotatable bonds is 7. The molecule has 0 saturated heterocycles. The summed E-state index contributed by atoms with van der Waals surface area (Å²) >= 11 is 0. The molecule has 0 N–H and O–H groups in total. The van der Waals surface area contributed by atoms with Crippen LogP contribution in [0.15, 0.2) is 175 Å². The van der Waals surface area contributed by atoms with E-state index in [-0.39, 0.29) is 0 Å². The van der Waals surface area contributed by atoms with Crippen molar-refractivity contribution in [2.45, 2.75) is 77.6 Å². The lowest BCUT2D eigenvalue weighted by Gasteiger charge is -2.18. The Bertz CT molecular complexity index is 2090. The molecule has 3 atom stereocenters. The van der Waals surface area contributed by atoms with Crippen LogP contribution in [-0.4, -0.2) is 0 Å². The number of aryl methyl sites for hydroxylation is 1. The monoisotopic (exact) mass is 678 g/mol. The van der Waals surface area contributed by atoms with Crippen LogP contribution in [0.5, 0.6) is 0 Å². The highest BCUT2D eigenvalue weighted by molar-refractivity contribution is 5.86. The van der Waals surface area contributed by atoms with E-state index in [4.69, 9.17) is 0 Å². The maximum absolute atomic E-state index is 2.33. The summed E-state index contributed by atoms with van der Waals surface area (Å²) < 4.78 is 0. The van der Waals surface area contributed by atoms with E-state index in [0.717, 1.165) is 6.42 Å². The second-order valence-electron chi connectivity index (χ2n) is 14.5. The van der Waals surface area contributed by atoms with Crippen molar-refractivity contribution in [1.82, 2.24) is 0 Å². The molecule has 0 aliphatic heterocycles. The Morgan fingerprint density at radius 2 is 1.33 bits per heavy atom. The summed E-state index contributed by atoms with van der Waals surface area (Å²) in [4.78, 5) is 0. The lowest BCUT2D eigenvalue weighted by atomic mass is 9.86. The first kappa shape index (κ1) is 36.6. The molecule has 0 aromatic heterocycles. The minimum atomic E-state index is 0.479. The van der Waals surface area contributed by atoms with Crippen LogP contribution < -0.4 is 0 Å². The van der Waals surface area contributed by atoms with E-state index in [1.807, 2.05) is 0 Å². The molecule has 0 heterocycles. The van der Waals surface area contributed by atoms with Crippen LogP contribution in [0.2, 0.25) is 0 Å². The molecule has 8 rings (SSSR count). The lowest BCUT2D eigenvalue weighted by Crippen LogP contribution is -2.00. The van der Waals surface area contributed by atoms with Crippen molar-refractivity contribution in [2.24, 2.45) is 0 Å². The summed E-state index contributed by atoms with van der Waals surface area (Å²) in [6, 6.07) is 52.6. The van der Waals surface area contributed by atoms with E-state index in [0.29, 0.717) is 17.8 Å². The molecule has 0 amide bonds. The maximum Gasteiger partial charge on any atom is 0.00928 e. The maximum atomic E-state index is 2.33. The van der Waals surface area contributed by atoms with Gasteiger partial charge in [0.15, 0.2) is 0 Å². The summed E-state index contributed by atoms with van der Waals surface area (Å²) in [5.74, 6) is 1.77. The zero-order valence-corrected chi connectivity index (χ0v) is 31.5. The first-order valence-corrected chi connectivity index (χ1v) is 19.3. The minimum absolute atomic E-state index is 0.479. The van der Waals surface area contributed by atoms with Crippen LogP contribution in [0.1, 0.15) is 104 Å². The van der Waals surface area contributed by atoms with Crippen LogP contribution >= 0.6 is 0 Å². The molecule has 52 heavy (non-hydrogen) atoms. The highest BCUT2D eigenvalue weighted by atomic mass is 14.2. The largest absolute Gasteiger partial charge is 0.0842 e. The van der Waals surface area contributed by atoms with Crippen LogP contribution in [-0.2, 0) is 0 Å². The molecule has 0 radical (unpaired) electrons. The molecule has 3 unspecified atom stereocenters. The van der Waals surface area contributed by atoms with Gasteiger partial charge in [0.2, 0.25) is 0 Å². The van der Waals surface area contributed by atoms with Crippen LogP contribution in [0, 0.1) is 6.92 Å². The Morgan fingerprint density at radius 1 is 0.654 bits per heavy atom. The summed E-state index contributed by atoms with van der Waals surface area (Å²) in [6.07, 6.45) is 17.1. The van der Waals surface area contributed by atoms with Crippen LogP contribution in [0.4, 0.5) is 0 Å². The van der Waals surface area contributed by atoms with Gasteiger partial charge in [-0.25, -0.2) is 0 Å². The predicted molar refractivity (Wildman–Crippen MR) is 227 cm³/mol. The molecule has 0 bridgehead atoms. The first-order valence-electron chi connectivity index (χ1n) is 19.3. The number of hydrogen-bond donors (Lipinski definition) is 0. The predicted octanol–water partition coefficient (Wildman–Crippen LogP) is 15.0. The van der Waals surface area contributed by atoms with Gasteiger partial charge >= 0.3 is 0 Å². The number of hydrogen-bond acceptors (Lipinski definition) is 0. The number of fused-ring (bicyclic) bond motifs is 2. The molecule has 2 aliphatic carbocycles. The van der Waals surface area contributed by atoms with Crippen molar-refractivity contribution in [3.63, 3.8) is 0 Å². The van der Waals surface area contributed by atoms with E-state index in [1.165, 1.54) is 81.0 Å². The van der Waals surface area contributed by atoms with Crippen molar-refractivity contribution in [1.29, 1.82) is 0 Å². The molecule has 2 aliphatic rings. The smallest absolute Gasteiger partial charge is 0.00928 e. The second-order valence-corrected chi connectivity index (χ2v) is 14.5. The van der Waals surface area contributed by atoms with Gasteiger partial charge in [-0.2, -0.15) is 0 Å². The Labute approximate surface area is 313 Å². The van der Waals surface area contributed by atoms with Crippen LogP contribution in [0.3, 0.4) is 0 Å². The highest BCUT2D eigenvalue weighted by Gasteiger charge is 2.14. The first-order chi connectivity index (χ1) is 25.5. The van der Waals surface area contributed by atoms with Crippen molar-refractivity contribution in [3.8, 4) is 11.1 Å².